The molecule has 0 radical (unpaired) electrons. The molecule has 0 aliphatic rings. The van der Waals surface area contributed by atoms with Crippen LogP contribution in [0.4, 0.5) is 0 Å². The summed E-state index contributed by atoms with van der Waals surface area (Å²) in [6.07, 6.45) is 0. The van der Waals surface area contributed by atoms with E-state index in [-0.39, 0.29) is 5.92 Å². The summed E-state index contributed by atoms with van der Waals surface area (Å²) >= 11 is 0. The van der Waals surface area contributed by atoms with Gasteiger partial charge < -0.3 is 10.1 Å². The maximum atomic E-state index is 11.1. The summed E-state index contributed by atoms with van der Waals surface area (Å²) in [6.45, 7) is 3.50. The number of carbonyl (C=O) groups excluding carboxylic acids is 2. The van der Waals surface area contributed by atoms with Gasteiger partial charge in [0.15, 0.2) is 6.07 Å². The van der Waals surface area contributed by atoms with Gasteiger partial charge in [0.2, 0.25) is 0 Å². The Bertz CT molecular complexity index is 242. The lowest BCUT2D eigenvalue weighted by molar-refractivity contribution is -0.145. The maximum absolute atomic E-state index is 11.1. The topological polar surface area (TPSA) is 79.2 Å². The van der Waals surface area contributed by atoms with Crippen molar-refractivity contribution in [1.29, 1.82) is 5.26 Å². The molecule has 0 saturated carbocycles. The summed E-state index contributed by atoms with van der Waals surface area (Å²) in [7, 11) is 1.23. The average Bonchev–Trinajstić information content (AvgIpc) is 2.11. The summed E-state index contributed by atoms with van der Waals surface area (Å²) in [4.78, 5) is 21.7. The second kappa shape index (κ2) is 5.14. The van der Waals surface area contributed by atoms with Crippen LogP contribution in [0.15, 0.2) is 0 Å². The summed E-state index contributed by atoms with van der Waals surface area (Å²) in [5, 5.41) is 10.4. The third-order valence-electron chi connectivity index (χ3n) is 1.51. The molecule has 0 aliphatic carbocycles. The van der Waals surface area contributed by atoms with Gasteiger partial charge in [-0.25, -0.2) is 4.79 Å². The highest BCUT2D eigenvalue weighted by Gasteiger charge is 2.24. The first kappa shape index (κ1) is 11.4. The molecule has 13 heavy (non-hydrogen) atoms. The number of nitrogens with zero attached hydrogens (tertiary/aromatic N) is 1. The molecule has 0 aliphatic heterocycles. The van der Waals surface area contributed by atoms with E-state index < -0.39 is 17.9 Å². The Morgan fingerprint density at radius 2 is 2.00 bits per heavy atom. The lowest BCUT2D eigenvalue weighted by Gasteiger charge is -2.17. The first-order valence-electron chi connectivity index (χ1n) is 3.81. The van der Waals surface area contributed by atoms with Crippen molar-refractivity contribution in [2.75, 3.05) is 7.11 Å². The number of hydrogen-bond acceptors (Lipinski definition) is 4. The van der Waals surface area contributed by atoms with Crippen molar-refractivity contribution in [2.45, 2.75) is 19.9 Å². The Hall–Kier alpha value is -1.57. The Morgan fingerprint density at radius 3 is 2.31 bits per heavy atom. The molecule has 0 fully saturated rings. The largest absolute Gasteiger partial charge is 0.467 e. The number of rotatable bonds is 3. The van der Waals surface area contributed by atoms with Gasteiger partial charge in [-0.15, -0.1) is 0 Å². The summed E-state index contributed by atoms with van der Waals surface area (Å²) in [6, 6.07) is 0.619. The fraction of sp³-hybridized carbons (Fsp3) is 0.625. The molecule has 1 N–H and O–H groups in total. The molecule has 0 aromatic rings. The fourth-order valence-corrected chi connectivity index (χ4v) is 0.798. The lowest BCUT2D eigenvalue weighted by atomic mass is 10.1. The number of hydrogen-bond donors (Lipinski definition) is 1. The van der Waals surface area contributed by atoms with E-state index in [0.29, 0.717) is 0 Å². The molecule has 5 heteroatoms. The second-order valence-electron chi connectivity index (χ2n) is 2.83. The Morgan fingerprint density at radius 1 is 1.46 bits per heavy atom. The molecule has 0 spiro atoms. The highest BCUT2D eigenvalue weighted by molar-refractivity contribution is 5.94. The highest BCUT2D eigenvalue weighted by Crippen LogP contribution is 2.02. The van der Waals surface area contributed by atoms with E-state index in [1.54, 1.807) is 13.8 Å². The van der Waals surface area contributed by atoms with Crippen molar-refractivity contribution in [3.63, 3.8) is 0 Å². The van der Waals surface area contributed by atoms with Gasteiger partial charge in [0.25, 0.3) is 0 Å². The minimum Gasteiger partial charge on any atom is -0.467 e. The summed E-state index contributed by atoms with van der Waals surface area (Å²) in [5.41, 5.74) is 0. The van der Waals surface area contributed by atoms with Crippen LogP contribution in [-0.4, -0.2) is 25.0 Å². The van der Waals surface area contributed by atoms with Crippen LogP contribution in [0.3, 0.4) is 0 Å². The van der Waals surface area contributed by atoms with Crippen LogP contribution in [0, 0.1) is 17.2 Å². The van der Waals surface area contributed by atoms with Crippen LogP contribution in [0.1, 0.15) is 13.8 Å². The van der Waals surface area contributed by atoms with E-state index >= 15 is 0 Å². The molecule has 0 unspecified atom stereocenters. The SMILES string of the molecule is COC(=O)[C@H](NC(=O)C#N)C(C)C. The number of methoxy groups -OCH3 is 1. The molecule has 0 rings (SSSR count). The number of ether oxygens (including phenoxy) is 1. The third-order valence-corrected chi connectivity index (χ3v) is 1.51. The van der Waals surface area contributed by atoms with Crippen molar-refractivity contribution in [3.8, 4) is 6.07 Å². The van der Waals surface area contributed by atoms with Crippen LogP contribution in [-0.2, 0) is 14.3 Å². The van der Waals surface area contributed by atoms with Gasteiger partial charge in [-0.05, 0) is 5.92 Å². The van der Waals surface area contributed by atoms with E-state index in [2.05, 4.69) is 10.1 Å². The maximum Gasteiger partial charge on any atom is 0.328 e. The molecule has 1 atom stereocenters. The van der Waals surface area contributed by atoms with Crippen molar-refractivity contribution >= 4 is 11.9 Å². The molecule has 0 saturated heterocycles. The molecule has 5 nitrogen and oxygen atoms in total. The van der Waals surface area contributed by atoms with Crippen molar-refractivity contribution in [1.82, 2.24) is 5.32 Å². The van der Waals surface area contributed by atoms with Gasteiger partial charge >= 0.3 is 11.9 Å². The lowest BCUT2D eigenvalue weighted by Crippen LogP contribution is -2.44. The molecule has 1 amide bonds. The Balaban J connectivity index is 4.37. The van der Waals surface area contributed by atoms with Crippen LogP contribution >= 0.6 is 0 Å². The van der Waals surface area contributed by atoms with E-state index in [9.17, 15) is 9.59 Å². The van der Waals surface area contributed by atoms with Crippen LogP contribution in [0.5, 0.6) is 0 Å². The molecule has 0 aromatic heterocycles. The van der Waals surface area contributed by atoms with Crippen molar-refractivity contribution in [2.24, 2.45) is 5.92 Å². The number of nitrogens with one attached hydrogen (secondary N) is 1. The first-order valence-corrected chi connectivity index (χ1v) is 3.81. The van der Waals surface area contributed by atoms with Gasteiger partial charge in [0, 0.05) is 0 Å². The fourth-order valence-electron chi connectivity index (χ4n) is 0.798. The average molecular weight is 184 g/mol. The quantitative estimate of drug-likeness (QED) is 0.487. The number of amides is 1. The molecule has 0 bridgehead atoms. The monoisotopic (exact) mass is 184 g/mol. The standard InChI is InChI=1S/C8H12N2O3/c1-5(2)7(8(12)13-3)10-6(11)4-9/h5,7H,1-3H3,(H,10,11)/t7-/m1/s1. The van der Waals surface area contributed by atoms with E-state index in [1.807, 2.05) is 0 Å². The normalized spacial score (nSPS) is 11.6. The molecule has 0 heterocycles. The van der Waals surface area contributed by atoms with Gasteiger partial charge in [-0.2, -0.15) is 5.26 Å². The van der Waals surface area contributed by atoms with Gasteiger partial charge in [-0.3, -0.25) is 4.79 Å². The summed E-state index contributed by atoms with van der Waals surface area (Å²) < 4.78 is 4.46. The minimum atomic E-state index is -0.830. The number of esters is 1. The van der Waals surface area contributed by atoms with Crippen molar-refractivity contribution in [3.05, 3.63) is 0 Å². The number of nitriles is 1. The Labute approximate surface area is 76.7 Å². The van der Waals surface area contributed by atoms with Crippen LogP contribution in [0.2, 0.25) is 0 Å². The second-order valence-corrected chi connectivity index (χ2v) is 2.83. The van der Waals surface area contributed by atoms with Gasteiger partial charge in [-0.1, -0.05) is 13.8 Å². The summed E-state index contributed by atoms with van der Waals surface area (Å²) in [5.74, 6) is -1.48. The number of carbonyl (C=O) groups is 2. The van der Waals surface area contributed by atoms with E-state index in [0.717, 1.165) is 0 Å². The smallest absolute Gasteiger partial charge is 0.328 e. The molecular formula is C8H12N2O3. The molecular weight excluding hydrogens is 172 g/mol. The van der Waals surface area contributed by atoms with Gasteiger partial charge in [0.1, 0.15) is 6.04 Å². The van der Waals surface area contributed by atoms with E-state index in [4.69, 9.17) is 5.26 Å². The third kappa shape index (κ3) is 3.56. The van der Waals surface area contributed by atoms with Crippen LogP contribution < -0.4 is 5.32 Å². The molecule has 0 aromatic carbocycles. The zero-order valence-corrected chi connectivity index (χ0v) is 7.83. The first-order chi connectivity index (χ1) is 6.02. The minimum absolute atomic E-state index is 0.107. The van der Waals surface area contributed by atoms with Crippen molar-refractivity contribution < 1.29 is 14.3 Å². The zero-order chi connectivity index (χ0) is 10.4. The predicted octanol–water partition coefficient (Wildman–Crippen LogP) is -0.176. The predicted molar refractivity (Wildman–Crippen MR) is 44.4 cm³/mol. The van der Waals surface area contributed by atoms with Crippen LogP contribution in [0.25, 0.3) is 0 Å². The highest BCUT2D eigenvalue weighted by atomic mass is 16.5. The Kier molecular flexibility index (Phi) is 4.52. The van der Waals surface area contributed by atoms with E-state index in [1.165, 1.54) is 13.2 Å². The molecule has 72 valence electrons. The zero-order valence-electron chi connectivity index (χ0n) is 7.83. The van der Waals surface area contributed by atoms with Gasteiger partial charge in [0.05, 0.1) is 7.11 Å².